The molecule has 1 aromatic rings. The molecule has 0 aliphatic carbocycles. The summed E-state index contributed by atoms with van der Waals surface area (Å²) in [6.07, 6.45) is -4.19. The number of hydrogen-bond acceptors (Lipinski definition) is 8. The fourth-order valence-electron chi connectivity index (χ4n) is 3.36. The lowest BCUT2D eigenvalue weighted by Crippen LogP contribution is -2.40. The quantitative estimate of drug-likeness (QED) is 0.407. The zero-order valence-electron chi connectivity index (χ0n) is 19.3. The van der Waals surface area contributed by atoms with Crippen LogP contribution in [0.2, 0.25) is 0 Å². The Labute approximate surface area is 205 Å². The van der Waals surface area contributed by atoms with Gasteiger partial charge in [-0.2, -0.15) is 18.4 Å². The first-order valence-corrected chi connectivity index (χ1v) is 11.8. The summed E-state index contributed by atoms with van der Waals surface area (Å²) in [7, 11) is 1.26. The summed E-state index contributed by atoms with van der Waals surface area (Å²) in [5.41, 5.74) is 0.720. The lowest BCUT2D eigenvalue weighted by Gasteiger charge is -2.23. The molecule has 1 aliphatic heterocycles. The number of nitrogens with one attached hydrogen (secondary N) is 2. The zero-order chi connectivity index (χ0) is 26.0. The third-order valence-corrected chi connectivity index (χ3v) is 6.62. The number of alkyl halides is 3. The topological polar surface area (TPSA) is 121 Å². The molecule has 1 aliphatic rings. The smallest absolute Gasteiger partial charge is 0.405 e. The van der Waals surface area contributed by atoms with Gasteiger partial charge in [0.25, 0.3) is 0 Å². The number of halogens is 3. The summed E-state index contributed by atoms with van der Waals surface area (Å²) < 4.78 is 47.0. The number of carbonyl (C=O) groups excluding carboxylic acids is 3. The van der Waals surface area contributed by atoms with Gasteiger partial charge in [0, 0.05) is 31.3 Å². The van der Waals surface area contributed by atoms with Crippen molar-refractivity contribution < 1.29 is 37.0 Å². The Kier molecular flexibility index (Phi) is 10.5. The molecule has 2 amide bonds. The summed E-state index contributed by atoms with van der Waals surface area (Å²) in [4.78, 5) is 37.6. The molecule has 35 heavy (non-hydrogen) atoms. The molecule has 9 nitrogen and oxygen atoms in total. The van der Waals surface area contributed by atoms with E-state index in [4.69, 9.17) is 4.74 Å². The summed E-state index contributed by atoms with van der Waals surface area (Å²) >= 11 is 1.30. The number of anilines is 1. The average Bonchev–Trinajstić information content (AvgIpc) is 3.13. The molecular weight excluding hydrogens is 489 g/mol. The van der Waals surface area contributed by atoms with Crippen LogP contribution in [-0.2, 0) is 19.1 Å². The molecule has 3 unspecified atom stereocenters. The van der Waals surface area contributed by atoms with Gasteiger partial charge in [-0.15, -0.1) is 11.8 Å². The van der Waals surface area contributed by atoms with Gasteiger partial charge in [-0.1, -0.05) is 6.07 Å². The Morgan fingerprint density at radius 2 is 2.09 bits per heavy atom. The predicted octanol–water partition coefficient (Wildman–Crippen LogP) is 2.54. The van der Waals surface area contributed by atoms with Crippen LogP contribution in [0.5, 0.6) is 5.75 Å². The van der Waals surface area contributed by atoms with Crippen LogP contribution in [-0.4, -0.2) is 72.8 Å². The molecule has 0 bridgehead atoms. The van der Waals surface area contributed by atoms with Crippen molar-refractivity contribution in [2.75, 3.05) is 38.7 Å². The number of methoxy groups -OCH3 is 1. The summed E-state index contributed by atoms with van der Waals surface area (Å²) in [5.74, 6) is -2.50. The third kappa shape index (κ3) is 8.86. The Morgan fingerprint density at radius 3 is 2.71 bits per heavy atom. The van der Waals surface area contributed by atoms with E-state index in [-0.39, 0.29) is 18.9 Å². The van der Waals surface area contributed by atoms with Gasteiger partial charge in [-0.3, -0.25) is 9.59 Å². The number of nitriles is 1. The number of benzene rings is 1. The number of hydrogen-bond donors (Lipinski definition) is 2. The van der Waals surface area contributed by atoms with E-state index in [9.17, 15) is 32.8 Å². The minimum atomic E-state index is -4.58. The molecule has 13 heteroatoms. The molecule has 3 atom stereocenters. The molecule has 1 aromatic carbocycles. The van der Waals surface area contributed by atoms with Crippen LogP contribution in [0.1, 0.15) is 19.8 Å². The van der Waals surface area contributed by atoms with Gasteiger partial charge < -0.3 is 25.0 Å². The van der Waals surface area contributed by atoms with Crippen molar-refractivity contribution in [3.63, 3.8) is 0 Å². The van der Waals surface area contributed by atoms with E-state index in [1.165, 1.54) is 23.8 Å². The minimum absolute atomic E-state index is 0.0616. The number of amides is 2. The van der Waals surface area contributed by atoms with Crippen molar-refractivity contribution in [3.05, 3.63) is 24.3 Å². The normalized spacial score (nSPS) is 18.5. The highest BCUT2D eigenvalue weighted by atomic mass is 32.2. The number of ether oxygens (including phenoxy) is 2. The van der Waals surface area contributed by atoms with Crippen molar-refractivity contribution in [3.8, 4) is 11.8 Å². The number of rotatable bonds is 12. The van der Waals surface area contributed by atoms with E-state index in [1.807, 2.05) is 0 Å². The van der Waals surface area contributed by atoms with Crippen LogP contribution in [0.4, 0.5) is 18.9 Å². The van der Waals surface area contributed by atoms with Gasteiger partial charge in [0.1, 0.15) is 18.2 Å². The number of nitrogens with zero attached hydrogens (tertiary/aromatic N) is 2. The summed E-state index contributed by atoms with van der Waals surface area (Å²) in [6.45, 7) is 0.808. The van der Waals surface area contributed by atoms with Crippen molar-refractivity contribution >= 4 is 35.2 Å². The molecule has 0 aromatic heterocycles. The second-order valence-electron chi connectivity index (χ2n) is 7.56. The maximum atomic E-state index is 12.8. The second-order valence-corrected chi connectivity index (χ2v) is 8.95. The lowest BCUT2D eigenvalue weighted by atomic mass is 10.1. The largest absolute Gasteiger partial charge is 0.482 e. The van der Waals surface area contributed by atoms with Crippen LogP contribution in [0, 0.1) is 17.2 Å². The molecule has 0 radical (unpaired) electrons. The fraction of sp³-hybridized carbons (Fsp3) is 0.545. The molecule has 0 spiro atoms. The molecule has 0 saturated carbocycles. The van der Waals surface area contributed by atoms with Crippen molar-refractivity contribution in [1.82, 2.24) is 10.2 Å². The highest BCUT2D eigenvalue weighted by Gasteiger charge is 2.41. The molecule has 192 valence electrons. The first-order valence-electron chi connectivity index (χ1n) is 10.8. The van der Waals surface area contributed by atoms with Crippen molar-refractivity contribution in [1.29, 1.82) is 5.26 Å². The molecule has 1 saturated heterocycles. The standard InChI is InChI=1S/C22H27F3N4O5S/c1-3-29-18(9-14(11-26)20(31)28-13-22(23,24)25)35-17(21(29)32)7-8-27-15-5-4-6-16(10-15)34-12-19(30)33-2/h4-6,10,14,17-18,27H,3,7-9,12-13H2,1-2H3,(H,28,31). The van der Waals surface area contributed by atoms with Crippen molar-refractivity contribution in [2.24, 2.45) is 5.92 Å². The SMILES string of the molecule is CCN1C(=O)C(CCNc2cccc(OCC(=O)OC)c2)SC1CC(C#N)C(=O)NCC(F)(F)F. The zero-order valence-corrected chi connectivity index (χ0v) is 20.1. The highest BCUT2D eigenvalue weighted by Crippen LogP contribution is 2.37. The second kappa shape index (κ2) is 13.1. The Hall–Kier alpha value is -3.14. The van der Waals surface area contributed by atoms with E-state index >= 15 is 0 Å². The predicted molar refractivity (Wildman–Crippen MR) is 122 cm³/mol. The first kappa shape index (κ1) is 28.1. The first-order chi connectivity index (χ1) is 16.6. The summed E-state index contributed by atoms with van der Waals surface area (Å²) in [5, 5.41) is 13.3. The number of esters is 1. The van der Waals surface area contributed by atoms with E-state index in [1.54, 1.807) is 42.6 Å². The Balaban J connectivity index is 1.90. The number of thioether (sulfide) groups is 1. The molecule has 2 rings (SSSR count). The maximum Gasteiger partial charge on any atom is 0.405 e. The maximum absolute atomic E-state index is 12.8. The lowest BCUT2D eigenvalue weighted by molar-refractivity contribution is -0.143. The monoisotopic (exact) mass is 516 g/mol. The van der Waals surface area contributed by atoms with Gasteiger partial charge in [-0.05, 0) is 25.5 Å². The average molecular weight is 517 g/mol. The third-order valence-electron chi connectivity index (χ3n) is 5.09. The van der Waals surface area contributed by atoms with Gasteiger partial charge in [0.05, 0.1) is 23.8 Å². The van der Waals surface area contributed by atoms with Gasteiger partial charge in [0.2, 0.25) is 11.8 Å². The minimum Gasteiger partial charge on any atom is -0.482 e. The fourth-order valence-corrected chi connectivity index (χ4v) is 4.95. The molecule has 1 fully saturated rings. The van der Waals surface area contributed by atoms with Crippen LogP contribution in [0.25, 0.3) is 0 Å². The summed E-state index contributed by atoms with van der Waals surface area (Å²) in [6, 6.07) is 8.67. The Bertz CT molecular complexity index is 940. The van der Waals surface area contributed by atoms with Gasteiger partial charge >= 0.3 is 12.1 Å². The van der Waals surface area contributed by atoms with Crippen LogP contribution in [0.3, 0.4) is 0 Å². The van der Waals surface area contributed by atoms with Gasteiger partial charge in [-0.25, -0.2) is 4.79 Å². The van der Waals surface area contributed by atoms with E-state index < -0.39 is 41.1 Å². The van der Waals surface area contributed by atoms with Crippen LogP contribution in [0.15, 0.2) is 24.3 Å². The van der Waals surface area contributed by atoms with Crippen LogP contribution < -0.4 is 15.4 Å². The highest BCUT2D eigenvalue weighted by molar-refractivity contribution is 8.01. The van der Waals surface area contributed by atoms with E-state index in [0.29, 0.717) is 25.3 Å². The van der Waals surface area contributed by atoms with Gasteiger partial charge in [0.15, 0.2) is 6.61 Å². The molecule has 1 heterocycles. The number of carbonyl (C=O) groups is 3. The van der Waals surface area contributed by atoms with Crippen LogP contribution >= 0.6 is 11.8 Å². The molecule has 2 N–H and O–H groups in total. The van der Waals surface area contributed by atoms with Crippen molar-refractivity contribution in [2.45, 2.75) is 36.6 Å². The van der Waals surface area contributed by atoms with E-state index in [0.717, 1.165) is 5.69 Å². The Morgan fingerprint density at radius 1 is 1.34 bits per heavy atom. The van der Waals surface area contributed by atoms with E-state index in [2.05, 4.69) is 10.1 Å². The molecular formula is C22H27F3N4O5S.